The van der Waals surface area contributed by atoms with E-state index in [0.29, 0.717) is 13.0 Å². The topological polar surface area (TPSA) is 70.2 Å². The van der Waals surface area contributed by atoms with E-state index in [9.17, 15) is 9.59 Å². The Kier molecular flexibility index (Phi) is 5.25. The molecule has 1 aliphatic heterocycles. The highest BCUT2D eigenvalue weighted by molar-refractivity contribution is 9.10. The summed E-state index contributed by atoms with van der Waals surface area (Å²) in [6, 6.07) is 5.78. The van der Waals surface area contributed by atoms with Crippen LogP contribution in [-0.4, -0.2) is 31.4 Å². The molecule has 1 aromatic carbocycles. The molecule has 1 aliphatic carbocycles. The number of halogens is 1. The van der Waals surface area contributed by atoms with Crippen molar-refractivity contribution < 1.29 is 9.59 Å². The summed E-state index contributed by atoms with van der Waals surface area (Å²) in [5, 5.41) is 9.17. The first-order valence-corrected chi connectivity index (χ1v) is 9.34. The maximum Gasteiger partial charge on any atom is 0.226 e. The highest BCUT2D eigenvalue weighted by atomic mass is 79.9. The minimum absolute atomic E-state index is 0.0797. The number of aryl methyl sites for hydroxylation is 1. The molecule has 2 aliphatic rings. The Balaban J connectivity index is 1.41. The van der Waals surface area contributed by atoms with Crippen molar-refractivity contribution >= 4 is 33.4 Å². The third kappa shape index (κ3) is 3.98. The molecule has 1 atom stereocenters. The lowest BCUT2D eigenvalue weighted by Crippen LogP contribution is -2.34. The summed E-state index contributed by atoms with van der Waals surface area (Å²) in [6.07, 6.45) is 3.48. The summed E-state index contributed by atoms with van der Waals surface area (Å²) in [5.74, 6) is 0.183. The normalized spacial score (nSPS) is 21.3. The van der Waals surface area contributed by atoms with Gasteiger partial charge < -0.3 is 16.0 Å². The molecule has 130 valence electrons. The Morgan fingerprint density at radius 1 is 1.33 bits per heavy atom. The smallest absolute Gasteiger partial charge is 0.226 e. The maximum atomic E-state index is 12.2. The third-order valence-electron chi connectivity index (χ3n) is 5.23. The quantitative estimate of drug-likeness (QED) is 0.719. The molecular weight excluding hydrogens is 370 g/mol. The van der Waals surface area contributed by atoms with Crippen LogP contribution in [0.2, 0.25) is 0 Å². The van der Waals surface area contributed by atoms with Crippen molar-refractivity contribution in [3.63, 3.8) is 0 Å². The molecule has 1 saturated heterocycles. The van der Waals surface area contributed by atoms with Gasteiger partial charge >= 0.3 is 0 Å². The zero-order chi connectivity index (χ0) is 17.2. The zero-order valence-electron chi connectivity index (χ0n) is 14.0. The van der Waals surface area contributed by atoms with Crippen LogP contribution in [0.25, 0.3) is 0 Å². The minimum Gasteiger partial charge on any atom is -0.355 e. The first kappa shape index (κ1) is 17.4. The Hall–Kier alpha value is -1.40. The number of anilines is 1. The Morgan fingerprint density at radius 3 is 2.83 bits per heavy atom. The van der Waals surface area contributed by atoms with Gasteiger partial charge in [0, 0.05) is 29.0 Å². The highest BCUT2D eigenvalue weighted by Crippen LogP contribution is 2.58. The van der Waals surface area contributed by atoms with E-state index in [-0.39, 0.29) is 23.1 Å². The third-order valence-corrected chi connectivity index (χ3v) is 5.72. The van der Waals surface area contributed by atoms with Crippen LogP contribution in [0.3, 0.4) is 0 Å². The van der Waals surface area contributed by atoms with E-state index < -0.39 is 0 Å². The van der Waals surface area contributed by atoms with Crippen molar-refractivity contribution in [3.8, 4) is 0 Å². The van der Waals surface area contributed by atoms with Gasteiger partial charge in [-0.15, -0.1) is 0 Å². The predicted molar refractivity (Wildman–Crippen MR) is 97.8 cm³/mol. The van der Waals surface area contributed by atoms with Crippen LogP contribution in [0, 0.1) is 18.3 Å². The second-order valence-corrected chi connectivity index (χ2v) is 7.83. The molecule has 1 heterocycles. The molecule has 3 N–H and O–H groups in total. The molecule has 0 radical (unpaired) electrons. The van der Waals surface area contributed by atoms with E-state index in [1.54, 1.807) is 0 Å². The number of hydrogen-bond donors (Lipinski definition) is 3. The second kappa shape index (κ2) is 7.23. The average molecular weight is 394 g/mol. The summed E-state index contributed by atoms with van der Waals surface area (Å²) in [7, 11) is 0. The first-order chi connectivity index (χ1) is 11.5. The number of nitrogens with one attached hydrogen (secondary N) is 3. The molecule has 0 aromatic heterocycles. The number of amides is 2. The second-order valence-electron chi connectivity index (χ2n) is 6.92. The van der Waals surface area contributed by atoms with Crippen LogP contribution in [0.4, 0.5) is 5.69 Å². The van der Waals surface area contributed by atoms with Crippen LogP contribution < -0.4 is 16.0 Å². The fourth-order valence-corrected chi connectivity index (χ4v) is 3.92. The molecule has 0 bridgehead atoms. The molecule has 1 saturated carbocycles. The number of piperidine rings is 1. The van der Waals surface area contributed by atoms with Gasteiger partial charge in [-0.2, -0.15) is 0 Å². The molecule has 5 nitrogen and oxygen atoms in total. The molecule has 1 unspecified atom stereocenters. The van der Waals surface area contributed by atoms with Gasteiger partial charge in [-0.25, -0.2) is 0 Å². The summed E-state index contributed by atoms with van der Waals surface area (Å²) < 4.78 is 0.928. The summed E-state index contributed by atoms with van der Waals surface area (Å²) in [5.41, 5.74) is 2.06. The van der Waals surface area contributed by atoms with E-state index in [4.69, 9.17) is 0 Å². The molecule has 1 aromatic rings. The van der Waals surface area contributed by atoms with Gasteiger partial charge in [0.25, 0.3) is 0 Å². The van der Waals surface area contributed by atoms with Crippen molar-refractivity contribution in [2.75, 3.05) is 25.0 Å². The highest BCUT2D eigenvalue weighted by Gasteiger charge is 2.57. The van der Waals surface area contributed by atoms with Gasteiger partial charge in [0.2, 0.25) is 11.8 Å². The number of rotatable bonds is 5. The molecule has 6 heteroatoms. The van der Waals surface area contributed by atoms with Crippen molar-refractivity contribution in [1.82, 2.24) is 10.6 Å². The van der Waals surface area contributed by atoms with Gasteiger partial charge in [-0.05, 0) is 62.4 Å². The fraction of sp³-hybridized carbons (Fsp3) is 0.556. The lowest BCUT2D eigenvalue weighted by Gasteiger charge is -2.23. The van der Waals surface area contributed by atoms with Crippen LogP contribution in [0.1, 0.15) is 31.2 Å². The molecule has 3 rings (SSSR count). The summed E-state index contributed by atoms with van der Waals surface area (Å²) >= 11 is 3.40. The average Bonchev–Trinajstić information content (AvgIpc) is 3.24. The van der Waals surface area contributed by atoms with Crippen molar-refractivity contribution in [2.24, 2.45) is 11.3 Å². The molecule has 2 amide bonds. The predicted octanol–water partition coefficient (Wildman–Crippen LogP) is 2.59. The minimum atomic E-state index is -0.0797. The van der Waals surface area contributed by atoms with Gasteiger partial charge in [-0.3, -0.25) is 9.59 Å². The molecule has 1 spiro atoms. The van der Waals surface area contributed by atoms with E-state index in [0.717, 1.165) is 48.1 Å². The number of hydrogen-bond acceptors (Lipinski definition) is 3. The largest absolute Gasteiger partial charge is 0.355 e. The lowest BCUT2D eigenvalue weighted by atomic mass is 9.92. The summed E-state index contributed by atoms with van der Waals surface area (Å²) in [4.78, 5) is 24.3. The van der Waals surface area contributed by atoms with Crippen molar-refractivity contribution in [2.45, 2.75) is 32.6 Å². The number of carbonyl (C=O) groups excluding carboxylic acids is 2. The van der Waals surface area contributed by atoms with E-state index in [1.807, 2.05) is 25.1 Å². The van der Waals surface area contributed by atoms with Crippen molar-refractivity contribution in [3.05, 3.63) is 28.2 Å². The van der Waals surface area contributed by atoms with Crippen LogP contribution in [0.15, 0.2) is 22.7 Å². The molecular formula is C18H24BrN3O2. The standard InChI is InChI=1S/C18H24BrN3O2/c1-12-2-3-13(19)10-15(12)22-16(23)4-7-21-17(24)14-11-18(14)5-8-20-9-6-18/h2-3,10,14,20H,4-9,11H2,1H3,(H,21,24)(H,22,23). The van der Waals surface area contributed by atoms with Crippen molar-refractivity contribution in [1.29, 1.82) is 0 Å². The first-order valence-electron chi connectivity index (χ1n) is 8.55. The van der Waals surface area contributed by atoms with Gasteiger partial charge in [0.1, 0.15) is 0 Å². The monoisotopic (exact) mass is 393 g/mol. The van der Waals surface area contributed by atoms with Crippen LogP contribution in [0.5, 0.6) is 0 Å². The van der Waals surface area contributed by atoms with Gasteiger partial charge in [0.15, 0.2) is 0 Å². The van der Waals surface area contributed by atoms with E-state index in [2.05, 4.69) is 31.9 Å². The van der Waals surface area contributed by atoms with E-state index in [1.165, 1.54) is 0 Å². The number of benzene rings is 1. The molecule has 2 fully saturated rings. The fourth-order valence-electron chi connectivity index (χ4n) is 3.56. The SMILES string of the molecule is Cc1ccc(Br)cc1NC(=O)CCNC(=O)C1CC12CCNCC2. The van der Waals surface area contributed by atoms with Gasteiger partial charge in [-0.1, -0.05) is 22.0 Å². The van der Waals surface area contributed by atoms with Crippen LogP contribution in [-0.2, 0) is 9.59 Å². The van der Waals surface area contributed by atoms with Crippen LogP contribution >= 0.6 is 15.9 Å². The summed E-state index contributed by atoms with van der Waals surface area (Å²) in [6.45, 7) is 4.37. The maximum absolute atomic E-state index is 12.2. The van der Waals surface area contributed by atoms with E-state index >= 15 is 0 Å². The Labute approximate surface area is 151 Å². The Bertz CT molecular complexity index is 641. The Morgan fingerprint density at radius 2 is 2.08 bits per heavy atom. The van der Waals surface area contributed by atoms with Gasteiger partial charge in [0.05, 0.1) is 0 Å². The number of carbonyl (C=O) groups is 2. The zero-order valence-corrected chi connectivity index (χ0v) is 15.5. The molecule has 24 heavy (non-hydrogen) atoms. The lowest BCUT2D eigenvalue weighted by molar-refractivity contribution is -0.123.